The maximum Gasteiger partial charge on any atom is 0.472 e. The molecule has 326 valence electrons. The van der Waals surface area contributed by atoms with E-state index in [4.69, 9.17) is 9.05 Å². The summed E-state index contributed by atoms with van der Waals surface area (Å²) in [5.74, 6) is -0.158. The molecule has 0 aromatic carbocycles. The number of nitrogens with one attached hydrogen (secondary N) is 1. The molecule has 1 amide bonds. The molecule has 0 bridgehead atoms. The summed E-state index contributed by atoms with van der Waals surface area (Å²) in [7, 11) is 1.61. The standard InChI is InChI=1S/C46H91N2O6P/c1-6-8-10-12-14-16-18-20-22-23-24-26-27-29-31-33-35-37-39-45(49)44(43-54-55(51,52)53-42-41-48(3,4)5)47-46(50)40-38-36-34-32-30-28-25-21-19-17-15-13-11-9-7-2/h15,17,21,25,44-45,49H,6-14,16,18-20,22-24,26-43H2,1-5H3,(H-,47,50,51,52)/p+1/b17-15-,25-21-. The third-order valence-corrected chi connectivity index (χ3v) is 11.4. The number of amides is 1. The lowest BCUT2D eigenvalue weighted by molar-refractivity contribution is -0.870. The van der Waals surface area contributed by atoms with Crippen molar-refractivity contribution in [1.29, 1.82) is 0 Å². The van der Waals surface area contributed by atoms with Crippen LogP contribution in [0.5, 0.6) is 0 Å². The van der Waals surface area contributed by atoms with E-state index in [1.54, 1.807) is 0 Å². The molecule has 0 aliphatic carbocycles. The van der Waals surface area contributed by atoms with Crippen molar-refractivity contribution >= 4 is 13.7 Å². The zero-order valence-corrected chi connectivity index (χ0v) is 37.8. The Morgan fingerprint density at radius 1 is 0.618 bits per heavy atom. The lowest BCUT2D eigenvalue weighted by Crippen LogP contribution is -2.46. The predicted octanol–water partition coefficient (Wildman–Crippen LogP) is 12.9. The molecule has 0 fully saturated rings. The summed E-state index contributed by atoms with van der Waals surface area (Å²) < 4.78 is 23.6. The van der Waals surface area contributed by atoms with Crippen LogP contribution in [0.4, 0.5) is 0 Å². The quantitative estimate of drug-likeness (QED) is 0.0246. The molecule has 0 spiro atoms. The SMILES string of the molecule is CCCCC/C=C\C/C=C\CCCCCCCC(=O)NC(COP(=O)(O)OCC[N+](C)(C)C)C(O)CCCCCCCCCCCCCCCCCCCC. The van der Waals surface area contributed by atoms with Crippen LogP contribution < -0.4 is 5.32 Å². The Hall–Kier alpha value is -1.02. The topological polar surface area (TPSA) is 105 Å². The van der Waals surface area contributed by atoms with E-state index in [0.29, 0.717) is 23.9 Å². The first kappa shape index (κ1) is 54.0. The molecule has 0 heterocycles. The highest BCUT2D eigenvalue weighted by Gasteiger charge is 2.28. The van der Waals surface area contributed by atoms with Gasteiger partial charge < -0.3 is 19.8 Å². The zero-order chi connectivity index (χ0) is 40.7. The van der Waals surface area contributed by atoms with Crippen LogP contribution in [0.15, 0.2) is 24.3 Å². The summed E-state index contributed by atoms with van der Waals surface area (Å²) >= 11 is 0. The molecule has 0 saturated carbocycles. The number of aliphatic hydroxyl groups is 1. The monoisotopic (exact) mass is 800 g/mol. The third-order valence-electron chi connectivity index (χ3n) is 10.5. The van der Waals surface area contributed by atoms with Gasteiger partial charge in [-0.05, 0) is 44.9 Å². The van der Waals surface area contributed by atoms with Gasteiger partial charge in [0, 0.05) is 6.42 Å². The number of phosphoric acid groups is 1. The summed E-state index contributed by atoms with van der Waals surface area (Å²) in [4.78, 5) is 23.2. The van der Waals surface area contributed by atoms with Crippen molar-refractivity contribution in [2.24, 2.45) is 0 Å². The molecule has 55 heavy (non-hydrogen) atoms. The van der Waals surface area contributed by atoms with Crippen LogP contribution in [0.25, 0.3) is 0 Å². The number of hydrogen-bond acceptors (Lipinski definition) is 5. The van der Waals surface area contributed by atoms with E-state index in [-0.39, 0.29) is 19.1 Å². The third kappa shape index (κ3) is 41.0. The number of hydrogen-bond donors (Lipinski definition) is 3. The highest BCUT2D eigenvalue weighted by Crippen LogP contribution is 2.43. The molecule has 3 atom stereocenters. The molecule has 0 saturated heterocycles. The molecule has 3 unspecified atom stereocenters. The van der Waals surface area contributed by atoms with Crippen LogP contribution in [0.3, 0.4) is 0 Å². The number of carbonyl (C=O) groups is 1. The molecule has 0 radical (unpaired) electrons. The molecule has 0 rings (SSSR count). The van der Waals surface area contributed by atoms with Crippen molar-refractivity contribution in [1.82, 2.24) is 5.32 Å². The van der Waals surface area contributed by atoms with Crippen LogP contribution in [-0.4, -0.2) is 73.4 Å². The molecule has 8 nitrogen and oxygen atoms in total. The number of unbranched alkanes of at least 4 members (excludes halogenated alkanes) is 25. The van der Waals surface area contributed by atoms with E-state index in [9.17, 15) is 19.4 Å². The summed E-state index contributed by atoms with van der Waals surface area (Å²) in [6.45, 7) is 4.86. The fourth-order valence-electron chi connectivity index (χ4n) is 6.72. The smallest absolute Gasteiger partial charge is 0.391 e. The summed E-state index contributed by atoms with van der Waals surface area (Å²) in [6, 6.07) is -0.765. The first-order valence-electron chi connectivity index (χ1n) is 23.2. The lowest BCUT2D eigenvalue weighted by Gasteiger charge is -2.26. The fraction of sp³-hybridized carbons (Fsp3) is 0.891. The zero-order valence-electron chi connectivity index (χ0n) is 36.9. The highest BCUT2D eigenvalue weighted by molar-refractivity contribution is 7.47. The number of carbonyl (C=O) groups excluding carboxylic acids is 1. The predicted molar refractivity (Wildman–Crippen MR) is 235 cm³/mol. The number of rotatable bonds is 42. The summed E-state index contributed by atoms with van der Waals surface area (Å²) in [5.41, 5.74) is 0. The van der Waals surface area contributed by atoms with Gasteiger partial charge in [-0.15, -0.1) is 0 Å². The number of phosphoric ester groups is 1. The van der Waals surface area contributed by atoms with Gasteiger partial charge >= 0.3 is 7.82 Å². The number of quaternary nitrogens is 1. The Morgan fingerprint density at radius 3 is 1.53 bits per heavy atom. The minimum absolute atomic E-state index is 0.0724. The average molecular weight is 800 g/mol. The van der Waals surface area contributed by atoms with E-state index in [1.165, 1.54) is 122 Å². The van der Waals surface area contributed by atoms with Crippen molar-refractivity contribution in [3.05, 3.63) is 24.3 Å². The Labute approximate surface area is 341 Å². The second-order valence-corrected chi connectivity index (χ2v) is 18.6. The van der Waals surface area contributed by atoms with Gasteiger partial charge in [0.2, 0.25) is 5.91 Å². The molecule has 3 N–H and O–H groups in total. The van der Waals surface area contributed by atoms with E-state index in [2.05, 4.69) is 43.5 Å². The Morgan fingerprint density at radius 2 is 1.04 bits per heavy atom. The van der Waals surface area contributed by atoms with Crippen LogP contribution in [-0.2, 0) is 18.4 Å². The molecule has 0 aromatic heterocycles. The minimum Gasteiger partial charge on any atom is -0.391 e. The van der Waals surface area contributed by atoms with Gasteiger partial charge in [0.25, 0.3) is 0 Å². The molecule has 0 aromatic rings. The Kier molecular flexibility index (Phi) is 37.8. The van der Waals surface area contributed by atoms with Crippen molar-refractivity contribution in [2.75, 3.05) is 40.9 Å². The molecule has 0 aliphatic rings. The van der Waals surface area contributed by atoms with E-state index in [0.717, 1.165) is 64.2 Å². The largest absolute Gasteiger partial charge is 0.472 e. The summed E-state index contributed by atoms with van der Waals surface area (Å²) in [5, 5.41) is 14.0. The highest BCUT2D eigenvalue weighted by atomic mass is 31.2. The second kappa shape index (κ2) is 38.5. The first-order valence-corrected chi connectivity index (χ1v) is 24.7. The van der Waals surface area contributed by atoms with Crippen molar-refractivity contribution < 1.29 is 32.9 Å². The van der Waals surface area contributed by atoms with Gasteiger partial charge in [-0.1, -0.05) is 186 Å². The summed E-state index contributed by atoms with van der Waals surface area (Å²) in [6.07, 6.45) is 44.8. The first-order chi connectivity index (χ1) is 26.5. The number of aliphatic hydroxyl groups excluding tert-OH is 1. The maximum atomic E-state index is 12.9. The van der Waals surface area contributed by atoms with Crippen molar-refractivity contribution in [2.45, 2.75) is 225 Å². The van der Waals surface area contributed by atoms with E-state index >= 15 is 0 Å². The minimum atomic E-state index is -4.32. The van der Waals surface area contributed by atoms with Crippen molar-refractivity contribution in [3.63, 3.8) is 0 Å². The van der Waals surface area contributed by atoms with Gasteiger partial charge in [0.05, 0.1) is 39.9 Å². The van der Waals surface area contributed by atoms with Gasteiger partial charge in [0.1, 0.15) is 13.2 Å². The lowest BCUT2D eigenvalue weighted by atomic mass is 10.0. The molecular weight excluding hydrogens is 707 g/mol. The Balaban J connectivity index is 4.35. The Bertz CT molecular complexity index is 953. The van der Waals surface area contributed by atoms with Gasteiger partial charge in [-0.25, -0.2) is 4.57 Å². The van der Waals surface area contributed by atoms with Crippen LogP contribution in [0.2, 0.25) is 0 Å². The van der Waals surface area contributed by atoms with Crippen LogP contribution in [0, 0.1) is 0 Å². The normalized spacial score (nSPS) is 14.5. The van der Waals surface area contributed by atoms with Crippen LogP contribution in [0.1, 0.15) is 213 Å². The number of allylic oxidation sites excluding steroid dienone is 4. The number of likely N-dealkylation sites (N-methyl/N-ethyl adjacent to an activating group) is 1. The van der Waals surface area contributed by atoms with Gasteiger partial charge in [0.15, 0.2) is 0 Å². The van der Waals surface area contributed by atoms with Gasteiger partial charge in [-0.3, -0.25) is 13.8 Å². The van der Waals surface area contributed by atoms with E-state index in [1.807, 2.05) is 21.1 Å². The average Bonchev–Trinajstić information content (AvgIpc) is 3.13. The fourth-order valence-corrected chi connectivity index (χ4v) is 7.46. The van der Waals surface area contributed by atoms with E-state index < -0.39 is 20.0 Å². The molecular formula is C46H92N2O6P+. The molecule has 9 heteroatoms. The number of nitrogens with zero attached hydrogens (tertiary/aromatic N) is 1. The maximum absolute atomic E-state index is 12.9. The van der Waals surface area contributed by atoms with Crippen LogP contribution >= 0.6 is 7.82 Å². The molecule has 0 aliphatic heterocycles. The van der Waals surface area contributed by atoms with Gasteiger partial charge in [-0.2, -0.15) is 0 Å². The van der Waals surface area contributed by atoms with Crippen molar-refractivity contribution in [3.8, 4) is 0 Å². The second-order valence-electron chi connectivity index (χ2n) is 17.1.